The van der Waals surface area contributed by atoms with Gasteiger partial charge in [-0.2, -0.15) is 0 Å². The highest BCUT2D eigenvalue weighted by Crippen LogP contribution is 2.18. The molecule has 3 N–H and O–H groups in total. The third-order valence-electron chi connectivity index (χ3n) is 3.32. The molecule has 1 aromatic rings. The first-order valence-corrected chi connectivity index (χ1v) is 6.27. The fourth-order valence-electron chi connectivity index (χ4n) is 2.19. The SMILES string of the molecule is NC(=O)c1ccc(C(=O)N2CCCC(C(=O)O)C2)nc1. The molecule has 1 saturated heterocycles. The zero-order valence-corrected chi connectivity index (χ0v) is 10.8. The fraction of sp³-hybridized carbons (Fsp3) is 0.385. The lowest BCUT2D eigenvalue weighted by atomic mass is 9.98. The number of hydrogen-bond donors (Lipinski definition) is 2. The maximum absolute atomic E-state index is 12.2. The highest BCUT2D eigenvalue weighted by atomic mass is 16.4. The van der Waals surface area contributed by atoms with Crippen molar-refractivity contribution in [1.29, 1.82) is 0 Å². The maximum Gasteiger partial charge on any atom is 0.308 e. The Kier molecular flexibility index (Phi) is 3.97. The molecular weight excluding hydrogens is 262 g/mol. The van der Waals surface area contributed by atoms with Crippen LogP contribution in [0.1, 0.15) is 33.7 Å². The van der Waals surface area contributed by atoms with Crippen LogP contribution in [-0.4, -0.2) is 45.9 Å². The van der Waals surface area contributed by atoms with Crippen LogP contribution in [0.4, 0.5) is 0 Å². The van der Waals surface area contributed by atoms with E-state index in [1.807, 2.05) is 0 Å². The highest BCUT2D eigenvalue weighted by Gasteiger charge is 2.29. The largest absolute Gasteiger partial charge is 0.481 e. The van der Waals surface area contributed by atoms with Gasteiger partial charge in [0, 0.05) is 19.3 Å². The molecule has 1 atom stereocenters. The van der Waals surface area contributed by atoms with Crippen LogP contribution in [0.25, 0.3) is 0 Å². The summed E-state index contributed by atoms with van der Waals surface area (Å²) in [6.45, 7) is 0.704. The molecule has 0 radical (unpaired) electrons. The van der Waals surface area contributed by atoms with E-state index in [2.05, 4.69) is 4.98 Å². The molecule has 0 bridgehead atoms. The van der Waals surface area contributed by atoms with Crippen LogP contribution in [0, 0.1) is 5.92 Å². The van der Waals surface area contributed by atoms with Crippen molar-refractivity contribution in [3.05, 3.63) is 29.6 Å². The number of nitrogens with two attached hydrogens (primary N) is 1. The van der Waals surface area contributed by atoms with Crippen LogP contribution in [0.2, 0.25) is 0 Å². The number of likely N-dealkylation sites (tertiary alicyclic amines) is 1. The quantitative estimate of drug-likeness (QED) is 0.814. The number of hydrogen-bond acceptors (Lipinski definition) is 4. The predicted molar refractivity (Wildman–Crippen MR) is 69.0 cm³/mol. The van der Waals surface area contributed by atoms with Crippen molar-refractivity contribution >= 4 is 17.8 Å². The van der Waals surface area contributed by atoms with E-state index < -0.39 is 17.8 Å². The Morgan fingerprint density at radius 2 is 2.10 bits per heavy atom. The number of aromatic nitrogens is 1. The molecule has 1 unspecified atom stereocenters. The number of aliphatic carboxylic acids is 1. The molecule has 0 saturated carbocycles. The number of primary amides is 1. The summed E-state index contributed by atoms with van der Waals surface area (Å²) in [6.07, 6.45) is 2.48. The Hall–Kier alpha value is -2.44. The van der Waals surface area contributed by atoms with E-state index in [1.54, 1.807) is 0 Å². The van der Waals surface area contributed by atoms with E-state index in [1.165, 1.54) is 23.2 Å². The second-order valence-corrected chi connectivity index (χ2v) is 4.72. The number of rotatable bonds is 3. The summed E-state index contributed by atoms with van der Waals surface area (Å²) < 4.78 is 0. The summed E-state index contributed by atoms with van der Waals surface area (Å²) in [5.74, 6) is -2.36. The van der Waals surface area contributed by atoms with Gasteiger partial charge in [0.2, 0.25) is 5.91 Å². The van der Waals surface area contributed by atoms with Crippen LogP contribution >= 0.6 is 0 Å². The molecule has 20 heavy (non-hydrogen) atoms. The summed E-state index contributed by atoms with van der Waals surface area (Å²) in [6, 6.07) is 2.86. The van der Waals surface area contributed by atoms with E-state index in [0.29, 0.717) is 19.4 Å². The number of carboxylic acid groups (broad SMARTS) is 1. The minimum Gasteiger partial charge on any atom is -0.481 e. The van der Waals surface area contributed by atoms with Gasteiger partial charge in [-0.1, -0.05) is 0 Å². The third kappa shape index (κ3) is 2.93. The summed E-state index contributed by atoms with van der Waals surface area (Å²) >= 11 is 0. The van der Waals surface area contributed by atoms with E-state index in [-0.39, 0.29) is 23.7 Å². The minimum atomic E-state index is -0.889. The van der Waals surface area contributed by atoms with Crippen molar-refractivity contribution in [3.63, 3.8) is 0 Å². The van der Waals surface area contributed by atoms with E-state index >= 15 is 0 Å². The average Bonchev–Trinajstić information content (AvgIpc) is 2.46. The number of amides is 2. The third-order valence-corrected chi connectivity index (χ3v) is 3.32. The van der Waals surface area contributed by atoms with E-state index in [9.17, 15) is 14.4 Å². The van der Waals surface area contributed by atoms with Crippen LogP contribution in [-0.2, 0) is 4.79 Å². The maximum atomic E-state index is 12.2. The monoisotopic (exact) mass is 277 g/mol. The molecule has 7 heteroatoms. The molecule has 2 heterocycles. The molecule has 0 spiro atoms. The van der Waals surface area contributed by atoms with Crippen molar-refractivity contribution < 1.29 is 19.5 Å². The Labute approximate surface area is 115 Å². The molecule has 1 aliphatic rings. The van der Waals surface area contributed by atoms with Crippen LogP contribution in [0.5, 0.6) is 0 Å². The smallest absolute Gasteiger partial charge is 0.308 e. The summed E-state index contributed by atoms with van der Waals surface area (Å²) in [7, 11) is 0. The first kappa shape index (κ1) is 14.0. The zero-order chi connectivity index (χ0) is 14.7. The molecule has 1 aliphatic heterocycles. The van der Waals surface area contributed by atoms with Gasteiger partial charge in [-0.25, -0.2) is 0 Å². The van der Waals surface area contributed by atoms with E-state index in [4.69, 9.17) is 10.8 Å². The number of carbonyl (C=O) groups excluding carboxylic acids is 2. The van der Waals surface area contributed by atoms with Gasteiger partial charge in [-0.3, -0.25) is 19.4 Å². The number of pyridine rings is 1. The molecular formula is C13H15N3O4. The first-order valence-electron chi connectivity index (χ1n) is 6.27. The van der Waals surface area contributed by atoms with Crippen molar-refractivity contribution in [2.45, 2.75) is 12.8 Å². The zero-order valence-electron chi connectivity index (χ0n) is 10.8. The minimum absolute atomic E-state index is 0.182. The van der Waals surface area contributed by atoms with Crippen molar-refractivity contribution in [1.82, 2.24) is 9.88 Å². The number of nitrogens with zero attached hydrogens (tertiary/aromatic N) is 2. The van der Waals surface area contributed by atoms with Gasteiger partial charge in [0.1, 0.15) is 5.69 Å². The van der Waals surface area contributed by atoms with E-state index in [0.717, 1.165) is 0 Å². The van der Waals surface area contributed by atoms with Gasteiger partial charge in [0.05, 0.1) is 11.5 Å². The van der Waals surface area contributed by atoms with Crippen molar-refractivity contribution in [2.24, 2.45) is 11.7 Å². The average molecular weight is 277 g/mol. The number of carbonyl (C=O) groups is 3. The molecule has 1 fully saturated rings. The second kappa shape index (κ2) is 5.68. The summed E-state index contributed by atoms with van der Waals surface area (Å²) in [5, 5.41) is 9.00. The molecule has 7 nitrogen and oxygen atoms in total. The molecule has 0 aromatic carbocycles. The molecule has 1 aromatic heterocycles. The van der Waals surface area contributed by atoms with Gasteiger partial charge in [-0.15, -0.1) is 0 Å². The predicted octanol–water partition coefficient (Wildman–Crippen LogP) is 0.117. The van der Waals surface area contributed by atoms with Crippen molar-refractivity contribution in [3.8, 4) is 0 Å². The van der Waals surface area contributed by atoms with Gasteiger partial charge < -0.3 is 15.7 Å². The number of piperidine rings is 1. The number of carboxylic acids is 1. The van der Waals surface area contributed by atoms with Crippen LogP contribution in [0.15, 0.2) is 18.3 Å². The summed E-state index contributed by atoms with van der Waals surface area (Å²) in [5.41, 5.74) is 5.50. The summed E-state index contributed by atoms with van der Waals surface area (Å²) in [4.78, 5) is 39.5. The van der Waals surface area contributed by atoms with Gasteiger partial charge in [0.25, 0.3) is 5.91 Å². The lowest BCUT2D eigenvalue weighted by Gasteiger charge is -2.30. The molecule has 2 amide bonds. The Morgan fingerprint density at radius 3 is 2.65 bits per heavy atom. The van der Waals surface area contributed by atoms with Crippen LogP contribution < -0.4 is 5.73 Å². The lowest BCUT2D eigenvalue weighted by Crippen LogP contribution is -2.42. The topological polar surface area (TPSA) is 114 Å². The Morgan fingerprint density at radius 1 is 1.35 bits per heavy atom. The first-order chi connectivity index (χ1) is 9.49. The van der Waals surface area contributed by atoms with Crippen molar-refractivity contribution in [2.75, 3.05) is 13.1 Å². The van der Waals surface area contributed by atoms with Crippen LogP contribution in [0.3, 0.4) is 0 Å². The second-order valence-electron chi connectivity index (χ2n) is 4.72. The van der Waals surface area contributed by atoms with Gasteiger partial charge in [-0.05, 0) is 25.0 Å². The Balaban J connectivity index is 2.10. The lowest BCUT2D eigenvalue weighted by molar-refractivity contribution is -0.143. The highest BCUT2D eigenvalue weighted by molar-refractivity contribution is 5.95. The normalized spacial score (nSPS) is 18.6. The Bertz CT molecular complexity index is 541. The molecule has 106 valence electrons. The standard InChI is InChI=1S/C13H15N3O4/c14-11(17)8-3-4-10(15-6-8)12(18)16-5-1-2-9(7-16)13(19)20/h3-4,6,9H,1-2,5,7H2,(H2,14,17)(H,19,20). The fourth-order valence-corrected chi connectivity index (χ4v) is 2.19. The van der Waals surface area contributed by atoms with Gasteiger partial charge in [0.15, 0.2) is 0 Å². The van der Waals surface area contributed by atoms with Gasteiger partial charge >= 0.3 is 5.97 Å². The molecule has 0 aliphatic carbocycles. The molecule has 2 rings (SSSR count).